The first kappa shape index (κ1) is 38.1. The molecule has 0 bridgehead atoms. The highest BCUT2D eigenvalue weighted by Crippen LogP contribution is 2.42. The van der Waals surface area contributed by atoms with Gasteiger partial charge in [-0.1, -0.05) is 57.7 Å². The number of carbonyl (C=O) groups is 2. The second-order valence-corrected chi connectivity index (χ2v) is 13.9. The minimum absolute atomic E-state index is 0.0284. The molecule has 1 aliphatic rings. The van der Waals surface area contributed by atoms with Gasteiger partial charge in [0.25, 0.3) is 0 Å². The van der Waals surface area contributed by atoms with Gasteiger partial charge in [-0.2, -0.15) is 0 Å². The lowest BCUT2D eigenvalue weighted by molar-refractivity contribution is -0.135. The van der Waals surface area contributed by atoms with Gasteiger partial charge >= 0.3 is 6.09 Å². The third-order valence-electron chi connectivity index (χ3n) is 10.2. The van der Waals surface area contributed by atoms with Crippen LogP contribution in [0.3, 0.4) is 0 Å². The molecule has 5 aromatic rings. The summed E-state index contributed by atoms with van der Waals surface area (Å²) in [4.78, 5) is 44.0. The van der Waals surface area contributed by atoms with E-state index >= 15 is 0 Å². The molecular weight excluding hydrogens is 683 g/mol. The number of nitrogens with one attached hydrogen (secondary N) is 4. The molecular formula is C42H51N7O5. The number of methoxy groups -OCH3 is 2. The number of alkyl carbamates (subject to hydrolysis) is 1. The molecule has 54 heavy (non-hydrogen) atoms. The largest absolute Gasteiger partial charge is 0.501 e. The molecule has 0 aliphatic carbocycles. The van der Waals surface area contributed by atoms with Crippen LogP contribution in [0.25, 0.3) is 44.2 Å². The molecule has 0 radical (unpaired) electrons. The number of hydrogen-bond donors (Lipinski definition) is 4. The fourth-order valence-electron chi connectivity index (χ4n) is 6.87. The predicted octanol–water partition coefficient (Wildman–Crippen LogP) is 7.93. The standard InChI is InChI=1S/C42H51N7O5/c1-9-11-12-31(10-2)49(41(50)26(5)45-42(51)53-8)22-38-46-35-16-14-28-18-34-32-15-13-29(17-30(32)23-54-37(34)19-33(28)39(35)48-38)36-21-44-40(47-36)25(4)43-20-24(3)27(6)52-7/h11-19,21,24-26,31,43H,6,9-10,20,22-23H2,1-5,7-8H3,(H,44,47)(H,45,51)(H,46,48). The summed E-state index contributed by atoms with van der Waals surface area (Å²) >= 11 is 0. The molecule has 0 saturated heterocycles. The van der Waals surface area contributed by atoms with Crippen LogP contribution in [0, 0.1) is 5.92 Å². The number of ether oxygens (including phenoxy) is 3. The summed E-state index contributed by atoms with van der Waals surface area (Å²) in [6.45, 7) is 15.3. The van der Waals surface area contributed by atoms with Crippen LogP contribution in [0.5, 0.6) is 5.75 Å². The van der Waals surface area contributed by atoms with Crippen LogP contribution in [0.15, 0.2) is 73.2 Å². The Labute approximate surface area is 316 Å². The van der Waals surface area contributed by atoms with Crippen LogP contribution in [0.1, 0.15) is 70.7 Å². The van der Waals surface area contributed by atoms with Crippen LogP contribution >= 0.6 is 0 Å². The van der Waals surface area contributed by atoms with Crippen LogP contribution < -0.4 is 15.4 Å². The zero-order chi connectivity index (χ0) is 38.5. The number of allylic oxidation sites excluding steroid dienone is 1. The Morgan fingerprint density at radius 2 is 1.87 bits per heavy atom. The number of nitrogens with zero attached hydrogens (tertiary/aromatic N) is 3. The second kappa shape index (κ2) is 16.6. The molecule has 2 aromatic heterocycles. The Kier molecular flexibility index (Phi) is 11.7. The molecule has 2 amide bonds. The van der Waals surface area contributed by atoms with E-state index in [9.17, 15) is 9.59 Å². The van der Waals surface area contributed by atoms with E-state index in [1.54, 1.807) is 18.9 Å². The summed E-state index contributed by atoms with van der Waals surface area (Å²) in [5, 5.41) is 8.11. The number of rotatable bonds is 15. The number of amides is 2. The Hall–Kier alpha value is -5.62. The summed E-state index contributed by atoms with van der Waals surface area (Å²) in [6.07, 6.45) is 6.87. The van der Waals surface area contributed by atoms with Gasteiger partial charge in [-0.15, -0.1) is 0 Å². The Balaban J connectivity index is 1.25. The van der Waals surface area contributed by atoms with Crippen LogP contribution in [0.2, 0.25) is 0 Å². The Morgan fingerprint density at radius 3 is 2.61 bits per heavy atom. The van der Waals surface area contributed by atoms with E-state index in [1.807, 2.05) is 25.3 Å². The summed E-state index contributed by atoms with van der Waals surface area (Å²) < 4.78 is 16.4. The smallest absolute Gasteiger partial charge is 0.407 e. The molecule has 0 fully saturated rings. The van der Waals surface area contributed by atoms with Crippen molar-refractivity contribution >= 4 is 33.8 Å². The normalized spacial score (nSPS) is 14.5. The van der Waals surface area contributed by atoms with Gasteiger partial charge in [0.05, 0.1) is 61.5 Å². The van der Waals surface area contributed by atoms with E-state index in [0.29, 0.717) is 18.9 Å². The third-order valence-corrected chi connectivity index (χ3v) is 10.2. The molecule has 0 saturated carbocycles. The number of aromatic amines is 2. The predicted molar refractivity (Wildman–Crippen MR) is 212 cm³/mol. The first-order valence-electron chi connectivity index (χ1n) is 18.6. The van der Waals surface area contributed by atoms with Crippen LogP contribution in [-0.4, -0.2) is 69.7 Å². The van der Waals surface area contributed by atoms with Crippen molar-refractivity contribution in [3.05, 3.63) is 90.4 Å². The minimum atomic E-state index is -0.778. The first-order valence-corrected chi connectivity index (χ1v) is 18.6. The maximum absolute atomic E-state index is 13.7. The van der Waals surface area contributed by atoms with Crippen LogP contribution in [-0.2, 0) is 27.4 Å². The van der Waals surface area contributed by atoms with Crippen molar-refractivity contribution in [2.75, 3.05) is 20.8 Å². The number of H-pyrrole nitrogens is 2. The SMILES string of the molecule is C=C(OC)C(C)CNC(C)c1ncc(-c2ccc3c(c2)COc2cc4c(ccc5[nH]c(CN(C(=O)C(C)NC(=O)OC)C(C=CCC)CC)nc54)cc2-3)[nH]1. The van der Waals surface area contributed by atoms with E-state index in [2.05, 4.69) is 95.4 Å². The molecule has 1 aliphatic heterocycles. The van der Waals surface area contributed by atoms with Gasteiger partial charge in [0.2, 0.25) is 5.91 Å². The lowest BCUT2D eigenvalue weighted by Crippen LogP contribution is -2.49. The number of aromatic nitrogens is 4. The van der Waals surface area contributed by atoms with Crippen LogP contribution in [0.4, 0.5) is 4.79 Å². The van der Waals surface area contributed by atoms with Crippen molar-refractivity contribution < 1.29 is 23.8 Å². The van der Waals surface area contributed by atoms with Gasteiger partial charge < -0.3 is 39.7 Å². The van der Waals surface area contributed by atoms with Crippen molar-refractivity contribution in [1.82, 2.24) is 35.5 Å². The highest BCUT2D eigenvalue weighted by Gasteiger charge is 2.28. The van der Waals surface area contributed by atoms with Crippen molar-refractivity contribution in [3.63, 3.8) is 0 Å². The van der Waals surface area contributed by atoms with Crippen molar-refractivity contribution in [2.45, 2.75) is 78.7 Å². The molecule has 12 nitrogen and oxygen atoms in total. The van der Waals surface area contributed by atoms with E-state index in [-0.39, 0.29) is 30.5 Å². The highest BCUT2D eigenvalue weighted by atomic mass is 16.5. The molecule has 12 heteroatoms. The molecule has 3 heterocycles. The van der Waals surface area contributed by atoms with Gasteiger partial charge in [-0.25, -0.2) is 14.8 Å². The number of fused-ring (bicyclic) bond motifs is 6. The molecule has 0 spiro atoms. The fourth-order valence-corrected chi connectivity index (χ4v) is 6.87. The topological polar surface area (TPSA) is 146 Å². The van der Waals surface area contributed by atoms with E-state index in [1.165, 1.54) is 7.11 Å². The van der Waals surface area contributed by atoms with Crippen molar-refractivity contribution in [2.24, 2.45) is 5.92 Å². The average molecular weight is 734 g/mol. The highest BCUT2D eigenvalue weighted by molar-refractivity contribution is 6.07. The fraction of sp³-hybridized carbons (Fsp3) is 0.381. The van der Waals surface area contributed by atoms with Gasteiger partial charge in [-0.05, 0) is 73.0 Å². The zero-order valence-corrected chi connectivity index (χ0v) is 32.2. The number of imidazole rings is 2. The monoisotopic (exact) mass is 733 g/mol. The summed E-state index contributed by atoms with van der Waals surface area (Å²) in [7, 11) is 2.93. The first-order chi connectivity index (χ1) is 26.0. The van der Waals surface area contributed by atoms with Crippen molar-refractivity contribution in [3.8, 4) is 28.1 Å². The maximum Gasteiger partial charge on any atom is 0.407 e. The Bertz CT molecular complexity index is 2190. The molecule has 4 atom stereocenters. The van der Waals surface area contributed by atoms with Crippen molar-refractivity contribution in [1.29, 1.82) is 0 Å². The molecule has 4 unspecified atom stereocenters. The van der Waals surface area contributed by atoms with Gasteiger partial charge in [0.1, 0.15) is 30.0 Å². The average Bonchev–Trinajstić information content (AvgIpc) is 3.86. The molecule has 284 valence electrons. The lowest BCUT2D eigenvalue weighted by atomic mass is 9.92. The van der Waals surface area contributed by atoms with E-state index in [0.717, 1.165) is 80.1 Å². The lowest BCUT2D eigenvalue weighted by Gasteiger charge is -2.31. The maximum atomic E-state index is 13.7. The Morgan fingerprint density at radius 1 is 1.06 bits per heavy atom. The quantitative estimate of drug-likeness (QED) is 0.0627. The summed E-state index contributed by atoms with van der Waals surface area (Å²) in [6, 6.07) is 13.8. The number of hydrogen-bond acceptors (Lipinski definition) is 8. The van der Waals surface area contributed by atoms with Gasteiger partial charge in [-0.3, -0.25) is 4.79 Å². The van der Waals surface area contributed by atoms with E-state index in [4.69, 9.17) is 19.2 Å². The molecule has 6 rings (SSSR count). The summed E-state index contributed by atoms with van der Waals surface area (Å²) in [5.74, 6) is 3.02. The van der Waals surface area contributed by atoms with Gasteiger partial charge in [0.15, 0.2) is 0 Å². The number of benzene rings is 3. The van der Waals surface area contributed by atoms with Gasteiger partial charge in [0, 0.05) is 23.4 Å². The third kappa shape index (κ3) is 7.98. The van der Waals surface area contributed by atoms with E-state index < -0.39 is 12.1 Å². The summed E-state index contributed by atoms with van der Waals surface area (Å²) in [5.41, 5.74) is 6.90. The zero-order valence-electron chi connectivity index (χ0n) is 32.2. The molecule has 3 aromatic carbocycles. The minimum Gasteiger partial charge on any atom is -0.501 e. The number of carbonyl (C=O) groups excluding carboxylic acids is 2. The molecule has 4 N–H and O–H groups in total. The second-order valence-electron chi connectivity index (χ2n) is 13.9.